The molecule has 0 saturated heterocycles. The van der Waals surface area contributed by atoms with Crippen molar-refractivity contribution in [1.82, 2.24) is 0 Å². The lowest BCUT2D eigenvalue weighted by molar-refractivity contribution is -0.122. The number of nitrogens with two attached hydrogens (primary N) is 1. The van der Waals surface area contributed by atoms with Gasteiger partial charge in [-0.05, 0) is 11.5 Å². The summed E-state index contributed by atoms with van der Waals surface area (Å²) in [6.07, 6.45) is 0.500. The molecule has 0 radical (unpaired) electrons. The third-order valence-corrected chi connectivity index (χ3v) is 2.96. The van der Waals surface area contributed by atoms with Gasteiger partial charge in [0.25, 0.3) is 5.91 Å². The molecule has 1 aliphatic rings. The second-order valence-corrected chi connectivity index (χ2v) is 4.12. The number of amides is 1. The van der Waals surface area contributed by atoms with Crippen LogP contribution >= 0.6 is 0 Å². The molecule has 1 aliphatic carbocycles. The first-order valence-corrected chi connectivity index (χ1v) is 5.39. The van der Waals surface area contributed by atoms with Gasteiger partial charge >= 0.3 is 0 Å². The highest BCUT2D eigenvalue weighted by atomic mass is 16.3. The van der Waals surface area contributed by atoms with E-state index in [2.05, 4.69) is 0 Å². The van der Waals surface area contributed by atoms with E-state index in [4.69, 9.17) is 5.73 Å². The van der Waals surface area contributed by atoms with Crippen LogP contribution in [0.5, 0.6) is 0 Å². The van der Waals surface area contributed by atoms with Crippen LogP contribution in [0.2, 0.25) is 0 Å². The van der Waals surface area contributed by atoms with Gasteiger partial charge in [0, 0.05) is 12.8 Å². The molecule has 4 nitrogen and oxygen atoms in total. The van der Waals surface area contributed by atoms with Crippen molar-refractivity contribution < 1.29 is 14.7 Å². The van der Waals surface area contributed by atoms with E-state index >= 15 is 0 Å². The monoisotopic (exact) mass is 231 g/mol. The van der Waals surface area contributed by atoms with Crippen LogP contribution in [0.15, 0.2) is 41.7 Å². The molecule has 2 rings (SSSR count). The van der Waals surface area contributed by atoms with Crippen LogP contribution in [0, 0.1) is 0 Å². The quantitative estimate of drug-likeness (QED) is 0.755. The number of rotatable bonds is 2. The Morgan fingerprint density at radius 2 is 1.88 bits per heavy atom. The van der Waals surface area contributed by atoms with Crippen molar-refractivity contribution in [2.45, 2.75) is 18.8 Å². The summed E-state index contributed by atoms with van der Waals surface area (Å²) in [6.45, 7) is 0. The van der Waals surface area contributed by atoms with Crippen molar-refractivity contribution in [2.24, 2.45) is 5.73 Å². The molecule has 1 unspecified atom stereocenters. The van der Waals surface area contributed by atoms with Crippen LogP contribution in [0.3, 0.4) is 0 Å². The number of aliphatic hydroxyl groups is 1. The molecule has 1 aromatic carbocycles. The van der Waals surface area contributed by atoms with E-state index in [-0.39, 0.29) is 35.9 Å². The zero-order valence-corrected chi connectivity index (χ0v) is 9.22. The lowest BCUT2D eigenvalue weighted by Crippen LogP contribution is -2.27. The van der Waals surface area contributed by atoms with Gasteiger partial charge in [0.2, 0.25) is 0 Å². The summed E-state index contributed by atoms with van der Waals surface area (Å²) >= 11 is 0. The largest absolute Gasteiger partial charge is 0.511 e. The number of benzene rings is 1. The van der Waals surface area contributed by atoms with Crippen molar-refractivity contribution in [2.75, 3.05) is 0 Å². The van der Waals surface area contributed by atoms with E-state index in [1.165, 1.54) is 0 Å². The second-order valence-electron chi connectivity index (χ2n) is 4.12. The van der Waals surface area contributed by atoms with E-state index in [9.17, 15) is 14.7 Å². The molecule has 0 heterocycles. The van der Waals surface area contributed by atoms with E-state index < -0.39 is 5.91 Å². The Kier molecular flexibility index (Phi) is 2.95. The van der Waals surface area contributed by atoms with Crippen molar-refractivity contribution >= 4 is 11.7 Å². The van der Waals surface area contributed by atoms with Crippen LogP contribution in [0.1, 0.15) is 24.3 Å². The van der Waals surface area contributed by atoms with Gasteiger partial charge in [-0.1, -0.05) is 30.3 Å². The topological polar surface area (TPSA) is 80.4 Å². The van der Waals surface area contributed by atoms with Crippen LogP contribution in [-0.4, -0.2) is 16.8 Å². The van der Waals surface area contributed by atoms with Gasteiger partial charge in [0.05, 0.1) is 0 Å². The predicted octanol–water partition coefficient (Wildman–Crippen LogP) is 1.43. The fourth-order valence-corrected chi connectivity index (χ4v) is 2.13. The summed E-state index contributed by atoms with van der Waals surface area (Å²) < 4.78 is 0. The summed E-state index contributed by atoms with van der Waals surface area (Å²) in [5.41, 5.74) is 5.80. The Hall–Kier alpha value is -2.10. The maximum absolute atomic E-state index is 11.7. The average molecular weight is 231 g/mol. The fraction of sp³-hybridized carbons (Fsp3) is 0.231. The lowest BCUT2D eigenvalue weighted by atomic mass is 9.82. The minimum Gasteiger partial charge on any atom is -0.511 e. The van der Waals surface area contributed by atoms with Crippen LogP contribution < -0.4 is 5.73 Å². The van der Waals surface area contributed by atoms with Crippen LogP contribution in [-0.2, 0) is 9.59 Å². The summed E-state index contributed by atoms with van der Waals surface area (Å²) in [6, 6.07) is 9.45. The SMILES string of the molecule is NC(=O)C1=C(O)CC(c2ccccc2)CC1=O. The molecule has 0 aliphatic heterocycles. The molecule has 17 heavy (non-hydrogen) atoms. The Morgan fingerprint density at radius 3 is 2.41 bits per heavy atom. The number of carbonyl (C=O) groups is 2. The van der Waals surface area contributed by atoms with Gasteiger partial charge in [-0.3, -0.25) is 9.59 Å². The molecule has 4 heteroatoms. The van der Waals surface area contributed by atoms with Crippen molar-refractivity contribution in [3.05, 3.63) is 47.2 Å². The normalized spacial score (nSPS) is 20.5. The van der Waals surface area contributed by atoms with E-state index in [0.29, 0.717) is 0 Å². The molecule has 0 aromatic heterocycles. The number of carbonyl (C=O) groups excluding carboxylic acids is 2. The summed E-state index contributed by atoms with van der Waals surface area (Å²) in [5.74, 6) is -1.50. The van der Waals surface area contributed by atoms with Crippen molar-refractivity contribution in [3.8, 4) is 0 Å². The Labute approximate surface area is 98.7 Å². The molecule has 1 aromatic rings. The third-order valence-electron chi connectivity index (χ3n) is 2.96. The van der Waals surface area contributed by atoms with Gasteiger partial charge in [0.15, 0.2) is 5.78 Å². The smallest absolute Gasteiger partial charge is 0.255 e. The standard InChI is InChI=1S/C13H13NO3/c14-13(17)12-10(15)6-9(7-11(12)16)8-4-2-1-3-5-8/h1-5,9,15H,6-7H2,(H2,14,17). The molecule has 0 fully saturated rings. The summed E-state index contributed by atoms with van der Waals surface area (Å²) in [7, 11) is 0. The summed E-state index contributed by atoms with van der Waals surface area (Å²) in [4.78, 5) is 22.7. The van der Waals surface area contributed by atoms with Crippen LogP contribution in [0.4, 0.5) is 0 Å². The highest BCUT2D eigenvalue weighted by Gasteiger charge is 2.31. The van der Waals surface area contributed by atoms with Gasteiger partial charge in [-0.15, -0.1) is 0 Å². The lowest BCUT2D eigenvalue weighted by Gasteiger charge is -2.22. The fourth-order valence-electron chi connectivity index (χ4n) is 2.13. The number of hydrogen-bond acceptors (Lipinski definition) is 3. The minimum absolute atomic E-state index is 0.0770. The molecule has 1 amide bonds. The van der Waals surface area contributed by atoms with Gasteiger partial charge in [0.1, 0.15) is 11.3 Å². The molecular formula is C13H13NO3. The van der Waals surface area contributed by atoms with Gasteiger partial charge in [-0.2, -0.15) is 0 Å². The van der Waals surface area contributed by atoms with Crippen molar-refractivity contribution in [3.63, 3.8) is 0 Å². The molecule has 0 spiro atoms. The molecule has 88 valence electrons. The van der Waals surface area contributed by atoms with Crippen molar-refractivity contribution in [1.29, 1.82) is 0 Å². The third kappa shape index (κ3) is 2.20. The maximum atomic E-state index is 11.7. The minimum atomic E-state index is -0.848. The van der Waals surface area contributed by atoms with Crippen LogP contribution in [0.25, 0.3) is 0 Å². The molecule has 3 N–H and O–H groups in total. The first-order valence-electron chi connectivity index (χ1n) is 5.39. The van der Waals surface area contributed by atoms with E-state index in [0.717, 1.165) is 5.56 Å². The zero-order chi connectivity index (χ0) is 12.4. The highest BCUT2D eigenvalue weighted by Crippen LogP contribution is 2.33. The molecule has 0 bridgehead atoms. The van der Waals surface area contributed by atoms with Gasteiger partial charge < -0.3 is 10.8 Å². The first-order chi connectivity index (χ1) is 8.09. The second kappa shape index (κ2) is 4.41. The Balaban J connectivity index is 2.30. The Morgan fingerprint density at radius 1 is 1.24 bits per heavy atom. The van der Waals surface area contributed by atoms with E-state index in [1.54, 1.807) is 0 Å². The number of allylic oxidation sites excluding steroid dienone is 1. The molecular weight excluding hydrogens is 218 g/mol. The number of ketones is 1. The maximum Gasteiger partial charge on any atom is 0.255 e. The highest BCUT2D eigenvalue weighted by molar-refractivity contribution is 6.19. The predicted molar refractivity (Wildman–Crippen MR) is 62.3 cm³/mol. The Bertz CT molecular complexity index is 491. The molecule has 1 atom stereocenters. The van der Waals surface area contributed by atoms with Gasteiger partial charge in [-0.25, -0.2) is 0 Å². The number of hydrogen-bond donors (Lipinski definition) is 2. The number of primary amides is 1. The number of aliphatic hydroxyl groups excluding tert-OH is 1. The van der Waals surface area contributed by atoms with E-state index in [1.807, 2.05) is 30.3 Å². The number of Topliss-reactive ketones (excluding diaryl/α,β-unsaturated/α-hetero) is 1. The molecule has 0 saturated carbocycles. The average Bonchev–Trinajstić information content (AvgIpc) is 2.28. The zero-order valence-electron chi connectivity index (χ0n) is 9.22. The summed E-state index contributed by atoms with van der Waals surface area (Å²) in [5, 5.41) is 9.70. The first kappa shape index (κ1) is 11.4.